The molecule has 0 aliphatic carbocycles. The van der Waals surface area contributed by atoms with Crippen LogP contribution in [0.1, 0.15) is 48.1 Å². The Bertz CT molecular complexity index is 731. The lowest BCUT2D eigenvalue weighted by molar-refractivity contribution is 0.0783. The average Bonchev–Trinajstić information content (AvgIpc) is 3.02. The van der Waals surface area contributed by atoms with Crippen LogP contribution in [0, 0.1) is 6.92 Å². The van der Waals surface area contributed by atoms with Gasteiger partial charge in [0.05, 0.1) is 17.9 Å². The number of ether oxygens (including phenoxy) is 1. The Morgan fingerprint density at radius 3 is 2.64 bits per heavy atom. The standard InChI is InChI=1S/C19H28N4O2/c1-13-6-7-14(10-16(13)25-9-8-20)18(24)23(5)12-15-11-17(22-21-15)19(2,3)4/h6-7,10-11H,8-9,12,20H2,1-5H3,(H,21,22). The van der Waals surface area contributed by atoms with Gasteiger partial charge in [-0.15, -0.1) is 0 Å². The summed E-state index contributed by atoms with van der Waals surface area (Å²) in [6.07, 6.45) is 0. The second-order valence-electron chi connectivity index (χ2n) is 7.31. The molecule has 0 aliphatic heterocycles. The van der Waals surface area contributed by atoms with Crippen molar-refractivity contribution in [2.45, 2.75) is 39.7 Å². The molecule has 2 rings (SSSR count). The van der Waals surface area contributed by atoms with Crippen molar-refractivity contribution >= 4 is 5.91 Å². The van der Waals surface area contributed by atoms with Crippen LogP contribution in [0.4, 0.5) is 0 Å². The fourth-order valence-corrected chi connectivity index (χ4v) is 2.43. The van der Waals surface area contributed by atoms with Crippen molar-refractivity contribution in [3.63, 3.8) is 0 Å². The molecule has 3 N–H and O–H groups in total. The fourth-order valence-electron chi connectivity index (χ4n) is 2.43. The van der Waals surface area contributed by atoms with Crippen molar-refractivity contribution in [1.82, 2.24) is 15.1 Å². The third-order valence-corrected chi connectivity index (χ3v) is 3.96. The van der Waals surface area contributed by atoms with Gasteiger partial charge in [-0.1, -0.05) is 26.8 Å². The monoisotopic (exact) mass is 344 g/mol. The van der Waals surface area contributed by atoms with Gasteiger partial charge in [0.25, 0.3) is 5.91 Å². The number of amides is 1. The van der Waals surface area contributed by atoms with Crippen molar-refractivity contribution < 1.29 is 9.53 Å². The lowest BCUT2D eigenvalue weighted by Crippen LogP contribution is -2.26. The maximum absolute atomic E-state index is 12.7. The lowest BCUT2D eigenvalue weighted by Gasteiger charge is -2.17. The number of carbonyl (C=O) groups is 1. The number of aryl methyl sites for hydroxylation is 1. The number of H-pyrrole nitrogens is 1. The molecule has 0 saturated heterocycles. The molecule has 0 bridgehead atoms. The Kier molecular flexibility index (Phi) is 5.85. The molecule has 6 nitrogen and oxygen atoms in total. The number of aromatic amines is 1. The van der Waals surface area contributed by atoms with Crippen LogP contribution in [0.2, 0.25) is 0 Å². The van der Waals surface area contributed by atoms with E-state index in [-0.39, 0.29) is 11.3 Å². The van der Waals surface area contributed by atoms with E-state index in [1.807, 2.05) is 25.1 Å². The smallest absolute Gasteiger partial charge is 0.254 e. The van der Waals surface area contributed by atoms with E-state index in [9.17, 15) is 4.79 Å². The molecule has 2 aromatic rings. The van der Waals surface area contributed by atoms with Crippen LogP contribution in [0.15, 0.2) is 24.3 Å². The van der Waals surface area contributed by atoms with E-state index >= 15 is 0 Å². The summed E-state index contributed by atoms with van der Waals surface area (Å²) in [4.78, 5) is 14.4. The van der Waals surface area contributed by atoms with Crippen LogP contribution >= 0.6 is 0 Å². The average molecular weight is 344 g/mol. The first-order chi connectivity index (χ1) is 11.7. The number of benzene rings is 1. The maximum atomic E-state index is 12.7. The van der Waals surface area contributed by atoms with Gasteiger partial charge in [0, 0.05) is 24.6 Å². The molecule has 6 heteroatoms. The van der Waals surface area contributed by atoms with Crippen LogP contribution in [-0.2, 0) is 12.0 Å². The minimum absolute atomic E-state index is 0.0243. The van der Waals surface area contributed by atoms with Gasteiger partial charge in [-0.05, 0) is 30.7 Å². The summed E-state index contributed by atoms with van der Waals surface area (Å²) in [6.45, 7) is 9.60. The zero-order valence-electron chi connectivity index (χ0n) is 15.7. The number of hydrogen-bond donors (Lipinski definition) is 2. The molecule has 0 unspecified atom stereocenters. The normalized spacial score (nSPS) is 11.4. The second-order valence-corrected chi connectivity index (χ2v) is 7.31. The molecular formula is C19H28N4O2. The molecule has 1 aromatic carbocycles. The van der Waals surface area contributed by atoms with Gasteiger partial charge in [0.1, 0.15) is 12.4 Å². The summed E-state index contributed by atoms with van der Waals surface area (Å²) in [5.41, 5.74) is 8.93. The predicted octanol–water partition coefficient (Wildman–Crippen LogP) is 2.63. The Morgan fingerprint density at radius 1 is 1.32 bits per heavy atom. The molecule has 0 fully saturated rings. The Hall–Kier alpha value is -2.34. The van der Waals surface area contributed by atoms with E-state index in [2.05, 4.69) is 31.0 Å². The third-order valence-electron chi connectivity index (χ3n) is 3.96. The van der Waals surface area contributed by atoms with Gasteiger partial charge in [0.2, 0.25) is 0 Å². The minimum Gasteiger partial charge on any atom is -0.492 e. The van der Waals surface area contributed by atoms with E-state index in [1.165, 1.54) is 0 Å². The molecule has 0 aliphatic rings. The predicted molar refractivity (Wildman–Crippen MR) is 98.8 cm³/mol. The number of hydrogen-bond acceptors (Lipinski definition) is 4. The summed E-state index contributed by atoms with van der Waals surface area (Å²) in [5.74, 6) is 0.630. The minimum atomic E-state index is -0.0653. The van der Waals surface area contributed by atoms with Crippen LogP contribution < -0.4 is 10.5 Å². The molecule has 0 spiro atoms. The number of carbonyl (C=O) groups excluding carboxylic acids is 1. The van der Waals surface area contributed by atoms with Gasteiger partial charge in [0.15, 0.2) is 0 Å². The SMILES string of the molecule is Cc1ccc(C(=O)N(C)Cc2cc(C(C)(C)C)n[nH]2)cc1OCCN. The number of rotatable bonds is 6. The van der Waals surface area contributed by atoms with E-state index < -0.39 is 0 Å². The molecule has 136 valence electrons. The quantitative estimate of drug-likeness (QED) is 0.844. The highest BCUT2D eigenvalue weighted by Gasteiger charge is 2.19. The topological polar surface area (TPSA) is 84.2 Å². The van der Waals surface area contributed by atoms with Crippen molar-refractivity contribution in [2.75, 3.05) is 20.2 Å². The first-order valence-electron chi connectivity index (χ1n) is 8.46. The molecule has 1 amide bonds. The first kappa shape index (κ1) is 19.0. The van der Waals surface area contributed by atoms with E-state index in [1.54, 1.807) is 18.0 Å². The van der Waals surface area contributed by atoms with Crippen LogP contribution in [0.5, 0.6) is 5.75 Å². The number of aromatic nitrogens is 2. The van der Waals surface area contributed by atoms with E-state index in [4.69, 9.17) is 10.5 Å². The Morgan fingerprint density at radius 2 is 2.04 bits per heavy atom. The molecule has 1 aromatic heterocycles. The highest BCUT2D eigenvalue weighted by atomic mass is 16.5. The van der Waals surface area contributed by atoms with Gasteiger partial charge in [-0.3, -0.25) is 9.89 Å². The van der Waals surface area contributed by atoms with Gasteiger partial charge >= 0.3 is 0 Å². The zero-order chi connectivity index (χ0) is 18.6. The van der Waals surface area contributed by atoms with Gasteiger partial charge in [-0.2, -0.15) is 5.10 Å². The molecule has 0 radical (unpaired) electrons. The molecule has 1 heterocycles. The number of nitrogens with zero attached hydrogens (tertiary/aromatic N) is 2. The van der Waals surface area contributed by atoms with Crippen molar-refractivity contribution in [2.24, 2.45) is 5.73 Å². The Balaban J connectivity index is 2.10. The number of nitrogens with one attached hydrogen (secondary N) is 1. The summed E-state index contributed by atoms with van der Waals surface area (Å²) < 4.78 is 5.60. The van der Waals surface area contributed by atoms with E-state index in [0.29, 0.717) is 31.0 Å². The highest BCUT2D eigenvalue weighted by Crippen LogP contribution is 2.22. The second kappa shape index (κ2) is 7.70. The van der Waals surface area contributed by atoms with Crippen molar-refractivity contribution in [3.05, 3.63) is 46.8 Å². The van der Waals surface area contributed by atoms with Gasteiger partial charge < -0.3 is 15.4 Å². The third kappa shape index (κ3) is 4.82. The van der Waals surface area contributed by atoms with Gasteiger partial charge in [-0.25, -0.2) is 0 Å². The first-order valence-corrected chi connectivity index (χ1v) is 8.46. The summed E-state index contributed by atoms with van der Waals surface area (Å²) >= 11 is 0. The summed E-state index contributed by atoms with van der Waals surface area (Å²) in [7, 11) is 1.78. The Labute approximate surface area is 149 Å². The van der Waals surface area contributed by atoms with Crippen LogP contribution in [-0.4, -0.2) is 41.2 Å². The fraction of sp³-hybridized carbons (Fsp3) is 0.474. The summed E-state index contributed by atoms with van der Waals surface area (Å²) in [6, 6.07) is 7.49. The largest absolute Gasteiger partial charge is 0.492 e. The van der Waals surface area contributed by atoms with Crippen LogP contribution in [0.3, 0.4) is 0 Å². The summed E-state index contributed by atoms with van der Waals surface area (Å²) in [5, 5.41) is 7.35. The molecular weight excluding hydrogens is 316 g/mol. The molecule has 0 atom stereocenters. The van der Waals surface area contributed by atoms with E-state index in [0.717, 1.165) is 17.0 Å². The maximum Gasteiger partial charge on any atom is 0.254 e. The van der Waals surface area contributed by atoms with Crippen LogP contribution in [0.25, 0.3) is 0 Å². The molecule has 0 saturated carbocycles. The zero-order valence-corrected chi connectivity index (χ0v) is 15.7. The van der Waals surface area contributed by atoms with Crippen molar-refractivity contribution in [3.8, 4) is 5.75 Å². The number of nitrogens with two attached hydrogens (primary N) is 1. The lowest BCUT2D eigenvalue weighted by atomic mass is 9.92. The van der Waals surface area contributed by atoms with Crippen molar-refractivity contribution in [1.29, 1.82) is 0 Å². The molecule has 25 heavy (non-hydrogen) atoms. The highest BCUT2D eigenvalue weighted by molar-refractivity contribution is 5.94.